The first kappa shape index (κ1) is 10.3. The highest BCUT2D eigenvalue weighted by molar-refractivity contribution is 5.63. The van der Waals surface area contributed by atoms with Gasteiger partial charge in [-0.05, 0) is 16.7 Å². The molecule has 0 aliphatic heterocycles. The SMILES string of the molecule is O=C=NCc1ccc(-c2ccccc2)cc1. The van der Waals surface area contributed by atoms with Gasteiger partial charge in [-0.2, -0.15) is 0 Å². The minimum atomic E-state index is 0.401. The van der Waals surface area contributed by atoms with Crippen molar-refractivity contribution in [3.63, 3.8) is 0 Å². The smallest absolute Gasteiger partial charge is 0.211 e. The second-order valence-electron chi connectivity index (χ2n) is 3.47. The van der Waals surface area contributed by atoms with E-state index >= 15 is 0 Å². The predicted molar refractivity (Wildman–Crippen MR) is 63.7 cm³/mol. The van der Waals surface area contributed by atoms with Crippen molar-refractivity contribution in [2.45, 2.75) is 6.54 Å². The molecule has 2 aromatic rings. The van der Waals surface area contributed by atoms with Crippen LogP contribution in [0.5, 0.6) is 0 Å². The van der Waals surface area contributed by atoms with E-state index in [0.717, 1.165) is 5.56 Å². The van der Waals surface area contributed by atoms with Crippen molar-refractivity contribution in [2.24, 2.45) is 4.99 Å². The Morgan fingerprint density at radius 3 is 2.12 bits per heavy atom. The van der Waals surface area contributed by atoms with Crippen molar-refractivity contribution in [3.05, 3.63) is 60.2 Å². The lowest BCUT2D eigenvalue weighted by atomic mass is 10.0. The lowest BCUT2D eigenvalue weighted by molar-refractivity contribution is 0.563. The van der Waals surface area contributed by atoms with Gasteiger partial charge < -0.3 is 0 Å². The molecule has 0 spiro atoms. The summed E-state index contributed by atoms with van der Waals surface area (Å²) in [5, 5.41) is 0. The summed E-state index contributed by atoms with van der Waals surface area (Å²) in [5.74, 6) is 0. The van der Waals surface area contributed by atoms with Crippen LogP contribution in [0.1, 0.15) is 5.56 Å². The molecule has 0 heterocycles. The molecule has 0 N–H and O–H groups in total. The summed E-state index contributed by atoms with van der Waals surface area (Å²) in [5.41, 5.74) is 3.37. The topological polar surface area (TPSA) is 29.4 Å². The summed E-state index contributed by atoms with van der Waals surface area (Å²) >= 11 is 0. The molecule has 2 nitrogen and oxygen atoms in total. The van der Waals surface area contributed by atoms with Gasteiger partial charge in [0.2, 0.25) is 6.08 Å². The van der Waals surface area contributed by atoms with Crippen LogP contribution < -0.4 is 0 Å². The number of aliphatic imine (C=N–C) groups is 1. The quantitative estimate of drug-likeness (QED) is 0.564. The van der Waals surface area contributed by atoms with Gasteiger partial charge in [0.05, 0.1) is 6.54 Å². The number of hydrogen-bond acceptors (Lipinski definition) is 2. The lowest BCUT2D eigenvalue weighted by Gasteiger charge is -2.02. The number of nitrogens with zero attached hydrogens (tertiary/aromatic N) is 1. The maximum atomic E-state index is 9.97. The summed E-state index contributed by atoms with van der Waals surface area (Å²) in [6.45, 7) is 0.401. The Balaban J connectivity index is 2.23. The van der Waals surface area contributed by atoms with Crippen LogP contribution in [0.25, 0.3) is 11.1 Å². The van der Waals surface area contributed by atoms with Crippen molar-refractivity contribution in [2.75, 3.05) is 0 Å². The monoisotopic (exact) mass is 209 g/mol. The second-order valence-corrected chi connectivity index (χ2v) is 3.47. The van der Waals surface area contributed by atoms with E-state index in [1.54, 1.807) is 0 Å². The Bertz CT molecular complexity index is 496. The average Bonchev–Trinajstić information content (AvgIpc) is 2.38. The van der Waals surface area contributed by atoms with Gasteiger partial charge in [-0.3, -0.25) is 0 Å². The van der Waals surface area contributed by atoms with Crippen LogP contribution in [0.15, 0.2) is 59.6 Å². The molecule has 0 bridgehead atoms. The van der Waals surface area contributed by atoms with Gasteiger partial charge in [0.15, 0.2) is 0 Å². The Hall–Kier alpha value is -2.18. The van der Waals surface area contributed by atoms with Crippen LogP contribution in [-0.2, 0) is 11.3 Å². The molecule has 16 heavy (non-hydrogen) atoms. The first-order chi connectivity index (χ1) is 7.90. The third kappa shape index (κ3) is 2.44. The molecule has 2 heteroatoms. The Kier molecular flexibility index (Phi) is 3.27. The number of isocyanates is 1. The fraction of sp³-hybridized carbons (Fsp3) is 0.0714. The molecular formula is C14H11NO. The maximum absolute atomic E-state index is 9.97. The molecule has 0 atom stereocenters. The summed E-state index contributed by atoms with van der Waals surface area (Å²) in [6, 6.07) is 18.2. The van der Waals surface area contributed by atoms with Gasteiger partial charge >= 0.3 is 0 Å². The van der Waals surface area contributed by atoms with Crippen molar-refractivity contribution < 1.29 is 4.79 Å². The van der Waals surface area contributed by atoms with E-state index in [1.165, 1.54) is 17.2 Å². The van der Waals surface area contributed by atoms with Gasteiger partial charge in [-0.15, -0.1) is 0 Å². The van der Waals surface area contributed by atoms with Crippen molar-refractivity contribution in [1.29, 1.82) is 0 Å². The number of carbonyl (C=O) groups excluding carboxylic acids is 1. The van der Waals surface area contributed by atoms with Gasteiger partial charge in [-0.25, -0.2) is 9.79 Å². The van der Waals surface area contributed by atoms with Crippen LogP contribution >= 0.6 is 0 Å². The molecule has 0 saturated carbocycles. The minimum Gasteiger partial charge on any atom is -0.211 e. The normalized spacial score (nSPS) is 9.50. The van der Waals surface area contributed by atoms with E-state index in [9.17, 15) is 4.79 Å². The molecule has 0 radical (unpaired) electrons. The van der Waals surface area contributed by atoms with Gasteiger partial charge in [0, 0.05) is 0 Å². The molecular weight excluding hydrogens is 198 g/mol. The molecule has 0 fully saturated rings. The van der Waals surface area contributed by atoms with E-state index in [0.29, 0.717) is 6.54 Å². The highest BCUT2D eigenvalue weighted by Gasteiger charge is 1.96. The largest absolute Gasteiger partial charge is 0.235 e. The second kappa shape index (κ2) is 5.06. The first-order valence-corrected chi connectivity index (χ1v) is 5.08. The fourth-order valence-corrected chi connectivity index (χ4v) is 1.56. The maximum Gasteiger partial charge on any atom is 0.235 e. The first-order valence-electron chi connectivity index (χ1n) is 5.08. The minimum absolute atomic E-state index is 0.401. The third-order valence-electron chi connectivity index (χ3n) is 2.39. The molecule has 0 saturated heterocycles. The van der Waals surface area contributed by atoms with Gasteiger partial charge in [-0.1, -0.05) is 54.6 Å². The standard InChI is InChI=1S/C14H11NO/c16-11-15-10-12-6-8-14(9-7-12)13-4-2-1-3-5-13/h1-9H,10H2. The number of rotatable bonds is 3. The molecule has 78 valence electrons. The zero-order valence-corrected chi connectivity index (χ0v) is 8.76. The highest BCUT2D eigenvalue weighted by atomic mass is 16.1. The van der Waals surface area contributed by atoms with Crippen LogP contribution in [0.2, 0.25) is 0 Å². The fourth-order valence-electron chi connectivity index (χ4n) is 1.56. The van der Waals surface area contributed by atoms with E-state index in [-0.39, 0.29) is 0 Å². The van der Waals surface area contributed by atoms with Gasteiger partial charge in [0.25, 0.3) is 0 Å². The van der Waals surface area contributed by atoms with Crippen molar-refractivity contribution in [1.82, 2.24) is 0 Å². The van der Waals surface area contributed by atoms with Gasteiger partial charge in [0.1, 0.15) is 0 Å². The molecule has 0 unspecified atom stereocenters. The number of hydrogen-bond donors (Lipinski definition) is 0. The Labute approximate surface area is 94.3 Å². The summed E-state index contributed by atoms with van der Waals surface area (Å²) in [7, 11) is 0. The van der Waals surface area contributed by atoms with Crippen LogP contribution in [0, 0.1) is 0 Å². The molecule has 0 amide bonds. The van der Waals surface area contributed by atoms with Crippen molar-refractivity contribution >= 4 is 6.08 Å². The van der Waals surface area contributed by atoms with Crippen molar-refractivity contribution in [3.8, 4) is 11.1 Å². The molecule has 0 aliphatic rings. The van der Waals surface area contributed by atoms with E-state index in [2.05, 4.69) is 17.1 Å². The van der Waals surface area contributed by atoms with Crippen LogP contribution in [-0.4, -0.2) is 6.08 Å². The average molecular weight is 209 g/mol. The summed E-state index contributed by atoms with van der Waals surface area (Å²) < 4.78 is 0. The summed E-state index contributed by atoms with van der Waals surface area (Å²) in [4.78, 5) is 13.5. The van der Waals surface area contributed by atoms with E-state index in [1.807, 2.05) is 42.5 Å². The van der Waals surface area contributed by atoms with Crippen LogP contribution in [0.4, 0.5) is 0 Å². The molecule has 2 rings (SSSR count). The van der Waals surface area contributed by atoms with E-state index in [4.69, 9.17) is 0 Å². The number of benzene rings is 2. The Morgan fingerprint density at radius 2 is 1.50 bits per heavy atom. The lowest BCUT2D eigenvalue weighted by Crippen LogP contribution is -1.82. The zero-order chi connectivity index (χ0) is 11.2. The molecule has 2 aromatic carbocycles. The molecule has 0 aliphatic carbocycles. The predicted octanol–water partition coefficient (Wildman–Crippen LogP) is 3.19. The van der Waals surface area contributed by atoms with E-state index < -0.39 is 0 Å². The third-order valence-corrected chi connectivity index (χ3v) is 2.39. The van der Waals surface area contributed by atoms with Crippen LogP contribution in [0.3, 0.4) is 0 Å². The zero-order valence-electron chi connectivity index (χ0n) is 8.76. The highest BCUT2D eigenvalue weighted by Crippen LogP contribution is 2.19. The summed E-state index contributed by atoms with van der Waals surface area (Å²) in [6.07, 6.45) is 1.54. The Morgan fingerprint density at radius 1 is 0.875 bits per heavy atom. The molecule has 0 aromatic heterocycles.